The first-order valence-corrected chi connectivity index (χ1v) is 5.04. The molecule has 0 aliphatic rings. The van der Waals surface area contributed by atoms with Crippen LogP contribution in [0, 0.1) is 0 Å². The highest BCUT2D eigenvalue weighted by molar-refractivity contribution is 5.17. The maximum atomic E-state index is 5.35. The van der Waals surface area contributed by atoms with Gasteiger partial charge in [0.2, 0.25) is 5.89 Å². The Bertz CT molecular complexity index is 428. The van der Waals surface area contributed by atoms with Crippen LogP contribution in [0.5, 0.6) is 0 Å². The smallest absolute Gasteiger partial charge is 0.315 e. The predicted octanol–water partition coefficient (Wildman–Crippen LogP) is 0.578. The van der Waals surface area contributed by atoms with Crippen LogP contribution in [0.25, 0.3) is 0 Å². The molecule has 0 saturated carbocycles. The molecule has 16 heavy (non-hydrogen) atoms. The van der Waals surface area contributed by atoms with Crippen LogP contribution in [0.15, 0.2) is 28.8 Å². The summed E-state index contributed by atoms with van der Waals surface area (Å²) in [7, 11) is 0. The SMILES string of the molecule is NCc1nnc(NCCc2ccccn2)o1. The molecule has 0 atom stereocenters. The molecule has 0 radical (unpaired) electrons. The van der Waals surface area contributed by atoms with E-state index >= 15 is 0 Å². The van der Waals surface area contributed by atoms with Crippen LogP contribution in [0.3, 0.4) is 0 Å². The molecule has 0 amide bonds. The molecular weight excluding hydrogens is 206 g/mol. The average molecular weight is 219 g/mol. The maximum Gasteiger partial charge on any atom is 0.315 e. The van der Waals surface area contributed by atoms with E-state index < -0.39 is 0 Å². The normalized spacial score (nSPS) is 10.3. The fraction of sp³-hybridized carbons (Fsp3) is 0.300. The lowest BCUT2D eigenvalue weighted by atomic mass is 10.3. The fourth-order valence-electron chi connectivity index (χ4n) is 1.25. The van der Waals surface area contributed by atoms with E-state index in [0.29, 0.717) is 18.5 Å². The summed E-state index contributed by atoms with van der Waals surface area (Å²) in [6, 6.07) is 6.22. The van der Waals surface area contributed by atoms with Gasteiger partial charge in [-0.1, -0.05) is 11.2 Å². The Labute approximate surface area is 92.9 Å². The van der Waals surface area contributed by atoms with Gasteiger partial charge in [0.25, 0.3) is 0 Å². The van der Waals surface area contributed by atoms with Gasteiger partial charge in [0.05, 0.1) is 6.54 Å². The molecule has 2 heterocycles. The van der Waals surface area contributed by atoms with E-state index in [1.165, 1.54) is 0 Å². The van der Waals surface area contributed by atoms with Crippen molar-refractivity contribution in [3.63, 3.8) is 0 Å². The first kappa shape index (κ1) is 10.6. The van der Waals surface area contributed by atoms with Crippen molar-refractivity contribution in [2.45, 2.75) is 13.0 Å². The number of aromatic nitrogens is 3. The summed E-state index contributed by atoms with van der Waals surface area (Å²) >= 11 is 0. The van der Waals surface area contributed by atoms with E-state index in [1.54, 1.807) is 6.20 Å². The van der Waals surface area contributed by atoms with Gasteiger partial charge in [-0.15, -0.1) is 5.10 Å². The Kier molecular flexibility index (Phi) is 3.45. The number of nitrogens with one attached hydrogen (secondary N) is 1. The minimum atomic E-state index is 0.259. The maximum absolute atomic E-state index is 5.35. The number of rotatable bonds is 5. The van der Waals surface area contributed by atoms with Gasteiger partial charge in [-0.25, -0.2) is 0 Å². The van der Waals surface area contributed by atoms with Crippen molar-refractivity contribution in [1.82, 2.24) is 15.2 Å². The van der Waals surface area contributed by atoms with E-state index in [9.17, 15) is 0 Å². The second-order valence-corrected chi connectivity index (χ2v) is 3.20. The van der Waals surface area contributed by atoms with Crippen LogP contribution >= 0.6 is 0 Å². The third-order valence-corrected chi connectivity index (χ3v) is 2.02. The molecule has 0 unspecified atom stereocenters. The molecule has 0 saturated heterocycles. The van der Waals surface area contributed by atoms with Crippen LogP contribution in [-0.2, 0) is 13.0 Å². The van der Waals surface area contributed by atoms with Gasteiger partial charge in [-0.2, -0.15) is 0 Å². The van der Waals surface area contributed by atoms with Crippen LogP contribution in [-0.4, -0.2) is 21.7 Å². The molecule has 2 aromatic heterocycles. The summed E-state index contributed by atoms with van der Waals surface area (Å²) in [6.45, 7) is 0.956. The van der Waals surface area contributed by atoms with Crippen molar-refractivity contribution in [2.24, 2.45) is 5.73 Å². The lowest BCUT2D eigenvalue weighted by molar-refractivity contribution is 0.507. The Hall–Kier alpha value is -1.95. The standard InChI is InChI=1S/C10H13N5O/c11-7-9-14-15-10(16-9)13-6-4-8-3-1-2-5-12-8/h1-3,5H,4,6-7,11H2,(H,13,15). The first-order chi connectivity index (χ1) is 7.88. The highest BCUT2D eigenvalue weighted by atomic mass is 16.4. The predicted molar refractivity (Wildman–Crippen MR) is 58.6 cm³/mol. The van der Waals surface area contributed by atoms with Gasteiger partial charge in [0.1, 0.15) is 0 Å². The Morgan fingerprint density at radius 2 is 2.25 bits per heavy atom. The lowest BCUT2D eigenvalue weighted by Gasteiger charge is -2.00. The molecule has 0 aliphatic carbocycles. The summed E-state index contributed by atoms with van der Waals surface area (Å²) in [5.74, 6) is 0.431. The minimum absolute atomic E-state index is 0.259. The number of nitrogens with two attached hydrogens (primary N) is 1. The molecule has 0 bridgehead atoms. The second kappa shape index (κ2) is 5.22. The summed E-state index contributed by atoms with van der Waals surface area (Å²) in [4.78, 5) is 4.20. The molecule has 0 spiro atoms. The number of anilines is 1. The van der Waals surface area contributed by atoms with Crippen LogP contribution < -0.4 is 11.1 Å². The van der Waals surface area contributed by atoms with Crippen molar-refractivity contribution in [3.05, 3.63) is 36.0 Å². The van der Waals surface area contributed by atoms with E-state index in [2.05, 4.69) is 20.5 Å². The largest absolute Gasteiger partial charge is 0.407 e. The number of nitrogens with zero attached hydrogens (tertiary/aromatic N) is 3. The molecule has 2 rings (SSSR count). The van der Waals surface area contributed by atoms with Crippen molar-refractivity contribution >= 4 is 6.01 Å². The zero-order chi connectivity index (χ0) is 11.2. The molecule has 0 fully saturated rings. The van der Waals surface area contributed by atoms with Crippen molar-refractivity contribution in [2.75, 3.05) is 11.9 Å². The van der Waals surface area contributed by atoms with Crippen molar-refractivity contribution in [1.29, 1.82) is 0 Å². The summed E-state index contributed by atoms with van der Waals surface area (Å²) in [5, 5.41) is 10.5. The number of hydrogen-bond donors (Lipinski definition) is 2. The molecule has 0 aromatic carbocycles. The number of hydrogen-bond acceptors (Lipinski definition) is 6. The van der Waals surface area contributed by atoms with Crippen LogP contribution in [0.4, 0.5) is 6.01 Å². The Morgan fingerprint density at radius 3 is 2.94 bits per heavy atom. The molecule has 6 heteroatoms. The molecule has 3 N–H and O–H groups in total. The highest BCUT2D eigenvalue weighted by Gasteiger charge is 2.02. The topological polar surface area (TPSA) is 89.9 Å². The van der Waals surface area contributed by atoms with Crippen LogP contribution in [0.2, 0.25) is 0 Å². The fourth-order valence-corrected chi connectivity index (χ4v) is 1.25. The van der Waals surface area contributed by atoms with E-state index in [4.69, 9.17) is 10.2 Å². The number of pyridine rings is 1. The minimum Gasteiger partial charge on any atom is -0.407 e. The van der Waals surface area contributed by atoms with Gasteiger partial charge in [-0.3, -0.25) is 4.98 Å². The lowest BCUT2D eigenvalue weighted by Crippen LogP contribution is -2.05. The Balaban J connectivity index is 1.80. The van der Waals surface area contributed by atoms with Gasteiger partial charge in [-0.05, 0) is 12.1 Å². The van der Waals surface area contributed by atoms with Gasteiger partial charge in [0, 0.05) is 24.9 Å². The van der Waals surface area contributed by atoms with E-state index in [1.807, 2.05) is 18.2 Å². The molecule has 6 nitrogen and oxygen atoms in total. The molecule has 84 valence electrons. The van der Waals surface area contributed by atoms with Gasteiger partial charge >= 0.3 is 6.01 Å². The first-order valence-electron chi connectivity index (χ1n) is 5.04. The van der Waals surface area contributed by atoms with Crippen LogP contribution in [0.1, 0.15) is 11.6 Å². The summed E-state index contributed by atoms with van der Waals surface area (Å²) in [5.41, 5.74) is 6.37. The van der Waals surface area contributed by atoms with Crippen molar-refractivity contribution in [3.8, 4) is 0 Å². The average Bonchev–Trinajstić information content (AvgIpc) is 2.78. The second-order valence-electron chi connectivity index (χ2n) is 3.20. The molecular formula is C10H13N5O. The quantitative estimate of drug-likeness (QED) is 0.764. The summed E-state index contributed by atoms with van der Waals surface area (Å²) < 4.78 is 5.19. The zero-order valence-electron chi connectivity index (χ0n) is 8.76. The van der Waals surface area contributed by atoms with Crippen molar-refractivity contribution < 1.29 is 4.42 Å². The zero-order valence-corrected chi connectivity index (χ0v) is 8.76. The summed E-state index contributed by atoms with van der Waals surface area (Å²) in [6.07, 6.45) is 2.58. The third kappa shape index (κ3) is 2.77. The highest BCUT2D eigenvalue weighted by Crippen LogP contribution is 2.04. The molecule has 0 aliphatic heterocycles. The van der Waals surface area contributed by atoms with E-state index in [-0.39, 0.29) is 6.54 Å². The Morgan fingerprint density at radius 1 is 1.31 bits per heavy atom. The monoisotopic (exact) mass is 219 g/mol. The third-order valence-electron chi connectivity index (χ3n) is 2.02. The van der Waals surface area contributed by atoms with Gasteiger partial charge in [0.15, 0.2) is 0 Å². The molecule has 2 aromatic rings. The van der Waals surface area contributed by atoms with E-state index in [0.717, 1.165) is 12.1 Å². The van der Waals surface area contributed by atoms with Gasteiger partial charge < -0.3 is 15.5 Å².